The number of hydrogen-bond acceptors (Lipinski definition) is 6. The van der Waals surface area contributed by atoms with Gasteiger partial charge in [-0.1, -0.05) is 17.3 Å². The second kappa shape index (κ2) is 8.79. The molecule has 2 heterocycles. The third-order valence-corrected chi connectivity index (χ3v) is 5.98. The number of rotatable bonds is 6. The van der Waals surface area contributed by atoms with Crippen LogP contribution in [0, 0.1) is 5.92 Å². The van der Waals surface area contributed by atoms with Gasteiger partial charge in [0.15, 0.2) is 5.69 Å². The van der Waals surface area contributed by atoms with Gasteiger partial charge in [0.05, 0.1) is 18.7 Å². The summed E-state index contributed by atoms with van der Waals surface area (Å²) in [6, 6.07) is 8.23. The average molecular weight is 427 g/mol. The summed E-state index contributed by atoms with van der Waals surface area (Å²) in [4.78, 5) is 37.6. The highest BCUT2D eigenvalue weighted by molar-refractivity contribution is 5.93. The number of carbonyl (C=O) groups is 3. The van der Waals surface area contributed by atoms with Gasteiger partial charge in [-0.25, -0.2) is 9.59 Å². The van der Waals surface area contributed by atoms with Crippen molar-refractivity contribution in [1.82, 2.24) is 15.4 Å². The van der Waals surface area contributed by atoms with Crippen molar-refractivity contribution < 1.29 is 28.8 Å². The maximum atomic E-state index is 12.9. The standard InChI is InChI=1S/C22H25N3O6/c1-30-21(27)16-4-2-3-15(11-16)19(14-7-9-25(10-8-14)22(28)29)23-20(26)17-12-18(31-24-17)13-5-6-13/h2-4,11-14,19H,5-10H2,1H3,(H,23,26)(H,28,29). The summed E-state index contributed by atoms with van der Waals surface area (Å²) in [6.07, 6.45) is 2.32. The second-order valence-corrected chi connectivity index (χ2v) is 8.06. The molecule has 1 aliphatic heterocycles. The number of hydrogen-bond donors (Lipinski definition) is 2. The minimum atomic E-state index is -0.943. The van der Waals surface area contributed by atoms with E-state index in [0.717, 1.165) is 24.2 Å². The molecule has 1 atom stereocenters. The number of esters is 1. The minimum Gasteiger partial charge on any atom is -0.465 e. The number of piperidine rings is 1. The van der Waals surface area contributed by atoms with E-state index in [1.165, 1.54) is 12.0 Å². The largest absolute Gasteiger partial charge is 0.465 e. The number of aromatic nitrogens is 1. The zero-order valence-electron chi connectivity index (χ0n) is 17.2. The molecule has 9 heteroatoms. The summed E-state index contributed by atoms with van der Waals surface area (Å²) >= 11 is 0. The maximum Gasteiger partial charge on any atom is 0.407 e. The van der Waals surface area contributed by atoms with Crippen molar-refractivity contribution in [3.05, 3.63) is 52.9 Å². The van der Waals surface area contributed by atoms with Gasteiger partial charge in [-0.05, 0) is 49.3 Å². The zero-order valence-corrected chi connectivity index (χ0v) is 17.2. The van der Waals surface area contributed by atoms with Gasteiger partial charge < -0.3 is 24.6 Å². The van der Waals surface area contributed by atoms with Gasteiger partial charge in [-0.3, -0.25) is 4.79 Å². The Morgan fingerprint density at radius 1 is 1.19 bits per heavy atom. The van der Waals surface area contributed by atoms with E-state index in [2.05, 4.69) is 10.5 Å². The van der Waals surface area contributed by atoms with Crippen LogP contribution in [-0.4, -0.2) is 53.3 Å². The first-order chi connectivity index (χ1) is 15.0. The third-order valence-electron chi connectivity index (χ3n) is 5.98. The Labute approximate surface area is 179 Å². The molecule has 2 aromatic rings. The highest BCUT2D eigenvalue weighted by Crippen LogP contribution is 2.40. The van der Waals surface area contributed by atoms with E-state index in [9.17, 15) is 19.5 Å². The molecule has 1 saturated heterocycles. The van der Waals surface area contributed by atoms with Gasteiger partial charge in [0.25, 0.3) is 5.91 Å². The Morgan fingerprint density at radius 3 is 2.58 bits per heavy atom. The average Bonchev–Trinajstić information content (AvgIpc) is 3.53. The first-order valence-corrected chi connectivity index (χ1v) is 10.4. The summed E-state index contributed by atoms with van der Waals surface area (Å²) in [6.45, 7) is 0.775. The van der Waals surface area contributed by atoms with Crippen molar-refractivity contribution >= 4 is 18.0 Å². The number of carboxylic acid groups (broad SMARTS) is 1. The maximum absolute atomic E-state index is 12.9. The Kier molecular flexibility index (Phi) is 5.92. The first-order valence-electron chi connectivity index (χ1n) is 10.4. The van der Waals surface area contributed by atoms with Crippen LogP contribution in [0.2, 0.25) is 0 Å². The number of carbonyl (C=O) groups excluding carboxylic acids is 2. The van der Waals surface area contributed by atoms with Crippen LogP contribution in [0.4, 0.5) is 4.79 Å². The van der Waals surface area contributed by atoms with E-state index in [0.29, 0.717) is 37.4 Å². The molecule has 2 aliphatic rings. The number of likely N-dealkylation sites (tertiary alicyclic amines) is 1. The molecule has 2 amide bonds. The first kappa shape index (κ1) is 20.9. The highest BCUT2D eigenvalue weighted by Gasteiger charge is 2.33. The smallest absolute Gasteiger partial charge is 0.407 e. The summed E-state index contributed by atoms with van der Waals surface area (Å²) in [5.41, 5.74) is 1.37. The van der Waals surface area contributed by atoms with E-state index >= 15 is 0 Å². The van der Waals surface area contributed by atoms with Gasteiger partial charge in [-0.2, -0.15) is 0 Å². The fourth-order valence-corrected chi connectivity index (χ4v) is 4.05. The van der Waals surface area contributed by atoms with Crippen molar-refractivity contribution in [3.8, 4) is 0 Å². The molecule has 164 valence electrons. The minimum absolute atomic E-state index is 0.00208. The van der Waals surface area contributed by atoms with Gasteiger partial charge in [0.2, 0.25) is 0 Å². The van der Waals surface area contributed by atoms with Crippen molar-refractivity contribution in [3.63, 3.8) is 0 Å². The zero-order chi connectivity index (χ0) is 22.0. The Bertz CT molecular complexity index is 975. The Morgan fingerprint density at radius 2 is 1.94 bits per heavy atom. The summed E-state index contributed by atoms with van der Waals surface area (Å²) in [5, 5.41) is 16.2. The van der Waals surface area contributed by atoms with Crippen LogP contribution in [0.5, 0.6) is 0 Å². The predicted octanol–water partition coefficient (Wildman–Crippen LogP) is 3.20. The molecule has 0 spiro atoms. The molecule has 4 rings (SSSR count). The monoisotopic (exact) mass is 427 g/mol. The van der Waals surface area contributed by atoms with Crippen molar-refractivity contribution in [2.45, 2.75) is 37.6 Å². The van der Waals surface area contributed by atoms with Crippen LogP contribution in [0.25, 0.3) is 0 Å². The second-order valence-electron chi connectivity index (χ2n) is 8.06. The van der Waals surface area contributed by atoms with Crippen molar-refractivity contribution in [1.29, 1.82) is 0 Å². The summed E-state index contributed by atoms with van der Waals surface area (Å²) in [5.74, 6) is 0.260. The SMILES string of the molecule is COC(=O)c1cccc(C(NC(=O)c2cc(C3CC3)on2)C2CCN(C(=O)O)CC2)c1. The Hall–Kier alpha value is -3.36. The van der Waals surface area contributed by atoms with Crippen LogP contribution in [-0.2, 0) is 4.74 Å². The number of nitrogens with one attached hydrogen (secondary N) is 1. The van der Waals surface area contributed by atoms with Crippen LogP contribution in [0.15, 0.2) is 34.9 Å². The van der Waals surface area contributed by atoms with Gasteiger partial charge in [0.1, 0.15) is 5.76 Å². The molecule has 1 aliphatic carbocycles. The molecule has 0 radical (unpaired) electrons. The number of benzene rings is 1. The lowest BCUT2D eigenvalue weighted by molar-refractivity contribution is 0.0600. The van der Waals surface area contributed by atoms with Gasteiger partial charge >= 0.3 is 12.1 Å². The molecular weight excluding hydrogens is 402 g/mol. The van der Waals surface area contributed by atoms with Crippen LogP contribution in [0.3, 0.4) is 0 Å². The molecule has 2 N–H and O–H groups in total. The van der Waals surface area contributed by atoms with E-state index < -0.39 is 18.1 Å². The molecule has 1 unspecified atom stereocenters. The van der Waals surface area contributed by atoms with E-state index in [4.69, 9.17) is 9.26 Å². The molecule has 31 heavy (non-hydrogen) atoms. The van der Waals surface area contributed by atoms with Crippen molar-refractivity contribution in [2.24, 2.45) is 5.92 Å². The lowest BCUT2D eigenvalue weighted by atomic mass is 9.84. The number of methoxy groups -OCH3 is 1. The lowest BCUT2D eigenvalue weighted by Crippen LogP contribution is -2.42. The summed E-state index contributed by atoms with van der Waals surface area (Å²) < 4.78 is 10.1. The fraction of sp³-hybridized carbons (Fsp3) is 0.455. The molecule has 1 aromatic heterocycles. The molecule has 9 nitrogen and oxygen atoms in total. The molecule has 2 fully saturated rings. The van der Waals surface area contributed by atoms with Gasteiger partial charge in [0, 0.05) is 25.1 Å². The fourth-order valence-electron chi connectivity index (χ4n) is 4.05. The molecule has 1 saturated carbocycles. The molecular formula is C22H25N3O6. The van der Waals surface area contributed by atoms with E-state index in [1.54, 1.807) is 24.3 Å². The lowest BCUT2D eigenvalue weighted by Gasteiger charge is -2.35. The van der Waals surface area contributed by atoms with E-state index in [-0.39, 0.29) is 17.5 Å². The van der Waals surface area contributed by atoms with Gasteiger partial charge in [-0.15, -0.1) is 0 Å². The van der Waals surface area contributed by atoms with Crippen molar-refractivity contribution in [2.75, 3.05) is 20.2 Å². The molecule has 0 bridgehead atoms. The number of ether oxygens (including phenoxy) is 1. The molecule has 1 aromatic carbocycles. The number of nitrogens with zero attached hydrogens (tertiary/aromatic N) is 2. The van der Waals surface area contributed by atoms with E-state index in [1.807, 2.05) is 6.07 Å². The summed E-state index contributed by atoms with van der Waals surface area (Å²) in [7, 11) is 1.32. The normalized spacial score (nSPS) is 17.8. The van der Waals surface area contributed by atoms with Crippen LogP contribution < -0.4 is 5.32 Å². The van der Waals surface area contributed by atoms with Crippen LogP contribution in [0.1, 0.15) is 69.8 Å². The third kappa shape index (κ3) is 4.70. The van der Waals surface area contributed by atoms with Crippen LogP contribution >= 0.6 is 0 Å². The quantitative estimate of drug-likeness (QED) is 0.679. The topological polar surface area (TPSA) is 122 Å². The number of amides is 2. The highest BCUT2D eigenvalue weighted by atomic mass is 16.5. The Balaban J connectivity index is 1.57. The predicted molar refractivity (Wildman–Crippen MR) is 109 cm³/mol.